The summed E-state index contributed by atoms with van der Waals surface area (Å²) in [6.45, 7) is 5.76. The summed E-state index contributed by atoms with van der Waals surface area (Å²) in [5, 5.41) is 0. The summed E-state index contributed by atoms with van der Waals surface area (Å²) < 4.78 is 5.04. The summed E-state index contributed by atoms with van der Waals surface area (Å²) in [5.41, 5.74) is 7.12. The van der Waals surface area contributed by atoms with E-state index in [1.165, 1.54) is 6.92 Å². The van der Waals surface area contributed by atoms with Crippen molar-refractivity contribution in [3.05, 3.63) is 29.8 Å². The van der Waals surface area contributed by atoms with Gasteiger partial charge in [0, 0.05) is 13.0 Å². The van der Waals surface area contributed by atoms with Crippen LogP contribution in [-0.4, -0.2) is 5.97 Å². The number of nitrogens with two attached hydrogens (primary N) is 1. The third-order valence-electron chi connectivity index (χ3n) is 2.60. The number of ether oxygens (including phenoxy) is 1. The van der Waals surface area contributed by atoms with Crippen molar-refractivity contribution in [3.8, 4) is 5.75 Å². The second kappa shape index (κ2) is 8.11. The number of carbonyl (C=O) groups is 1. The molecule has 1 aromatic rings. The molecule has 0 aromatic heterocycles. The van der Waals surface area contributed by atoms with E-state index in [0.29, 0.717) is 11.7 Å². The van der Waals surface area contributed by atoms with Gasteiger partial charge in [0.15, 0.2) is 0 Å². The van der Waals surface area contributed by atoms with Crippen molar-refractivity contribution >= 4 is 18.4 Å². The maximum absolute atomic E-state index is 10.9. The summed E-state index contributed by atoms with van der Waals surface area (Å²) in [5.74, 6) is 0.908. The predicted molar refractivity (Wildman–Crippen MR) is 76.0 cm³/mol. The van der Waals surface area contributed by atoms with E-state index in [1.807, 2.05) is 18.2 Å². The Morgan fingerprint density at radius 2 is 2.00 bits per heavy atom. The Bertz CT molecular complexity index is 380. The molecular weight excluding hydrogens is 250 g/mol. The molecule has 3 nitrogen and oxygen atoms in total. The summed E-state index contributed by atoms with van der Waals surface area (Å²) in [6.07, 6.45) is 2.04. The Kier molecular flexibility index (Phi) is 7.64. The number of halogens is 1. The summed E-state index contributed by atoms with van der Waals surface area (Å²) in [4.78, 5) is 10.9. The summed E-state index contributed by atoms with van der Waals surface area (Å²) in [6, 6.07) is 7.45. The minimum absolute atomic E-state index is 0. The maximum Gasteiger partial charge on any atom is 0.308 e. The van der Waals surface area contributed by atoms with Gasteiger partial charge in [0.25, 0.3) is 0 Å². The van der Waals surface area contributed by atoms with E-state index in [-0.39, 0.29) is 24.4 Å². The van der Waals surface area contributed by atoms with E-state index in [1.54, 1.807) is 6.07 Å². The number of rotatable bonds is 5. The zero-order valence-electron chi connectivity index (χ0n) is 11.2. The van der Waals surface area contributed by atoms with Gasteiger partial charge in [0.1, 0.15) is 5.75 Å². The van der Waals surface area contributed by atoms with Crippen molar-refractivity contribution in [2.45, 2.75) is 39.7 Å². The topological polar surface area (TPSA) is 52.3 Å². The molecule has 0 bridgehead atoms. The summed E-state index contributed by atoms with van der Waals surface area (Å²) in [7, 11) is 0. The Morgan fingerprint density at radius 3 is 2.56 bits per heavy atom. The van der Waals surface area contributed by atoms with E-state index < -0.39 is 0 Å². The highest BCUT2D eigenvalue weighted by atomic mass is 35.5. The first-order chi connectivity index (χ1) is 7.99. The van der Waals surface area contributed by atoms with Gasteiger partial charge < -0.3 is 10.5 Å². The number of hydrogen-bond donors (Lipinski definition) is 1. The predicted octanol–water partition coefficient (Wildman–Crippen LogP) is 3.47. The Balaban J connectivity index is 0.00000289. The fourth-order valence-corrected chi connectivity index (χ4v) is 1.65. The van der Waals surface area contributed by atoms with Gasteiger partial charge in [-0.05, 0) is 36.5 Å². The fourth-order valence-electron chi connectivity index (χ4n) is 1.65. The van der Waals surface area contributed by atoms with Crippen LogP contribution in [0.4, 0.5) is 0 Å². The van der Waals surface area contributed by atoms with E-state index in [4.69, 9.17) is 10.5 Å². The third-order valence-corrected chi connectivity index (χ3v) is 2.60. The molecule has 0 fully saturated rings. The average Bonchev–Trinajstić information content (AvgIpc) is 2.25. The zero-order chi connectivity index (χ0) is 12.8. The van der Waals surface area contributed by atoms with Crippen molar-refractivity contribution in [3.63, 3.8) is 0 Å². The Labute approximate surface area is 115 Å². The monoisotopic (exact) mass is 271 g/mol. The number of esters is 1. The molecule has 0 spiro atoms. The first-order valence-electron chi connectivity index (χ1n) is 6.03. The van der Waals surface area contributed by atoms with Crippen molar-refractivity contribution in [1.29, 1.82) is 0 Å². The first kappa shape index (κ1) is 16.9. The molecule has 1 atom stereocenters. The quantitative estimate of drug-likeness (QED) is 0.659. The molecule has 18 heavy (non-hydrogen) atoms. The summed E-state index contributed by atoms with van der Waals surface area (Å²) >= 11 is 0. The molecule has 4 heteroatoms. The minimum Gasteiger partial charge on any atom is -0.427 e. The van der Waals surface area contributed by atoms with Gasteiger partial charge >= 0.3 is 5.97 Å². The Hall–Kier alpha value is -1.06. The normalized spacial score (nSPS) is 11.8. The second-order valence-electron chi connectivity index (χ2n) is 4.74. The van der Waals surface area contributed by atoms with E-state index in [0.717, 1.165) is 18.4 Å². The van der Waals surface area contributed by atoms with Crippen LogP contribution in [0.15, 0.2) is 24.3 Å². The van der Waals surface area contributed by atoms with Crippen LogP contribution >= 0.6 is 12.4 Å². The van der Waals surface area contributed by atoms with Crippen molar-refractivity contribution in [2.75, 3.05) is 0 Å². The average molecular weight is 272 g/mol. The third kappa shape index (κ3) is 6.03. The van der Waals surface area contributed by atoms with Crippen LogP contribution in [0.25, 0.3) is 0 Å². The van der Waals surface area contributed by atoms with Gasteiger partial charge in [-0.3, -0.25) is 4.79 Å². The molecule has 0 saturated carbocycles. The highest BCUT2D eigenvalue weighted by Crippen LogP contribution is 2.22. The van der Waals surface area contributed by atoms with Crippen molar-refractivity contribution in [1.82, 2.24) is 0 Å². The number of benzene rings is 1. The minimum atomic E-state index is -0.307. The van der Waals surface area contributed by atoms with Gasteiger partial charge in [-0.15, -0.1) is 12.4 Å². The second-order valence-corrected chi connectivity index (χ2v) is 4.74. The lowest BCUT2D eigenvalue weighted by molar-refractivity contribution is -0.131. The van der Waals surface area contributed by atoms with Gasteiger partial charge in [-0.2, -0.15) is 0 Å². The molecule has 0 radical (unpaired) electrons. The zero-order valence-corrected chi connectivity index (χ0v) is 12.0. The van der Waals surface area contributed by atoms with Crippen LogP contribution in [0.5, 0.6) is 5.75 Å². The molecule has 0 saturated heterocycles. The standard InChI is InChI=1S/C14H21NO2.ClH/c1-10(2)7-8-14(15)12-5-4-6-13(9-12)17-11(3)16;/h4-6,9-10,14H,7-8,15H2,1-3H3;1H/t14-;/m0./s1. The van der Waals surface area contributed by atoms with Crippen LogP contribution in [0, 0.1) is 5.92 Å². The lowest BCUT2D eigenvalue weighted by atomic mass is 9.98. The maximum atomic E-state index is 10.9. The van der Waals surface area contributed by atoms with Gasteiger partial charge in [0.2, 0.25) is 0 Å². The van der Waals surface area contributed by atoms with Crippen molar-refractivity contribution < 1.29 is 9.53 Å². The largest absolute Gasteiger partial charge is 0.427 e. The molecule has 0 amide bonds. The highest BCUT2D eigenvalue weighted by molar-refractivity contribution is 5.85. The molecule has 102 valence electrons. The van der Waals surface area contributed by atoms with Gasteiger partial charge in [-0.1, -0.05) is 26.0 Å². The number of carbonyl (C=O) groups excluding carboxylic acids is 1. The molecule has 0 aliphatic carbocycles. The molecule has 2 N–H and O–H groups in total. The lowest BCUT2D eigenvalue weighted by Gasteiger charge is -2.14. The van der Waals surface area contributed by atoms with E-state index in [2.05, 4.69) is 13.8 Å². The van der Waals surface area contributed by atoms with Crippen LogP contribution in [-0.2, 0) is 4.79 Å². The molecule has 0 heterocycles. The van der Waals surface area contributed by atoms with E-state index in [9.17, 15) is 4.79 Å². The van der Waals surface area contributed by atoms with E-state index >= 15 is 0 Å². The van der Waals surface area contributed by atoms with Gasteiger partial charge in [-0.25, -0.2) is 0 Å². The Morgan fingerprint density at radius 1 is 1.33 bits per heavy atom. The molecule has 1 rings (SSSR count). The SMILES string of the molecule is CC(=O)Oc1cccc([C@@H](N)CCC(C)C)c1.Cl. The number of hydrogen-bond acceptors (Lipinski definition) is 3. The van der Waals surface area contributed by atoms with Crippen molar-refractivity contribution in [2.24, 2.45) is 11.7 Å². The van der Waals surface area contributed by atoms with Crippen LogP contribution in [0.2, 0.25) is 0 Å². The smallest absolute Gasteiger partial charge is 0.308 e. The molecular formula is C14H22ClNO2. The highest BCUT2D eigenvalue weighted by Gasteiger charge is 2.08. The molecule has 0 aliphatic rings. The van der Waals surface area contributed by atoms with Crippen LogP contribution < -0.4 is 10.5 Å². The van der Waals surface area contributed by atoms with Crippen LogP contribution in [0.1, 0.15) is 45.2 Å². The molecule has 0 unspecified atom stereocenters. The molecule has 1 aromatic carbocycles. The van der Waals surface area contributed by atoms with Gasteiger partial charge in [0.05, 0.1) is 0 Å². The fraction of sp³-hybridized carbons (Fsp3) is 0.500. The molecule has 0 aliphatic heterocycles. The lowest BCUT2D eigenvalue weighted by Crippen LogP contribution is -2.11. The first-order valence-corrected chi connectivity index (χ1v) is 6.03. The van der Waals surface area contributed by atoms with Crippen LogP contribution in [0.3, 0.4) is 0 Å².